The van der Waals surface area contributed by atoms with Crippen LogP contribution < -0.4 is 5.32 Å². The van der Waals surface area contributed by atoms with Gasteiger partial charge < -0.3 is 0 Å². The van der Waals surface area contributed by atoms with E-state index >= 15 is 0 Å². The summed E-state index contributed by atoms with van der Waals surface area (Å²) in [6, 6.07) is 5.68. The number of thiazole rings is 1. The van der Waals surface area contributed by atoms with E-state index in [1.54, 1.807) is 5.38 Å². The quantitative estimate of drug-likeness (QED) is 0.595. The third-order valence-corrected chi connectivity index (χ3v) is 4.86. The second kappa shape index (κ2) is 7.21. The van der Waals surface area contributed by atoms with E-state index in [2.05, 4.69) is 15.4 Å². The summed E-state index contributed by atoms with van der Waals surface area (Å²) in [6.45, 7) is 5.85. The fourth-order valence-electron chi connectivity index (χ4n) is 2.41. The van der Waals surface area contributed by atoms with Crippen LogP contribution in [0.3, 0.4) is 0 Å². The van der Waals surface area contributed by atoms with Crippen LogP contribution in [-0.2, 0) is 11.6 Å². The van der Waals surface area contributed by atoms with Crippen LogP contribution in [0, 0.1) is 0 Å². The number of anilines is 1. The standard InChI is InChI=1S/C18H16ClF3N4OS/c1-17(2,3)13-9-28-16(24-13)25-15(27)12-8-23-26(14(12)18(20,21)22)11-6-4-10(19)5-7-11/h4-9H,1-3H3,(H,24,25,27). The van der Waals surface area contributed by atoms with Crippen molar-refractivity contribution in [3.8, 4) is 5.69 Å². The molecule has 28 heavy (non-hydrogen) atoms. The van der Waals surface area contributed by atoms with Crippen LogP contribution in [0.25, 0.3) is 5.69 Å². The van der Waals surface area contributed by atoms with Crippen LogP contribution >= 0.6 is 22.9 Å². The Bertz CT molecular complexity index is 1000. The summed E-state index contributed by atoms with van der Waals surface area (Å²) in [4.78, 5) is 16.8. The van der Waals surface area contributed by atoms with E-state index < -0.39 is 23.3 Å². The fourth-order valence-corrected chi connectivity index (χ4v) is 3.46. The van der Waals surface area contributed by atoms with E-state index in [0.717, 1.165) is 23.2 Å². The van der Waals surface area contributed by atoms with Gasteiger partial charge in [-0.15, -0.1) is 11.3 Å². The van der Waals surface area contributed by atoms with Crippen molar-refractivity contribution in [2.24, 2.45) is 0 Å². The monoisotopic (exact) mass is 428 g/mol. The predicted octanol–water partition coefficient (Wildman–Crippen LogP) is 5.55. The lowest BCUT2D eigenvalue weighted by Gasteiger charge is -2.14. The van der Waals surface area contributed by atoms with Crippen molar-refractivity contribution in [2.45, 2.75) is 32.4 Å². The average molecular weight is 429 g/mol. The van der Waals surface area contributed by atoms with E-state index in [1.165, 1.54) is 24.3 Å². The van der Waals surface area contributed by atoms with Gasteiger partial charge in [0.15, 0.2) is 10.8 Å². The molecule has 0 atom stereocenters. The second-order valence-electron chi connectivity index (χ2n) is 7.03. The molecule has 0 aliphatic carbocycles. The van der Waals surface area contributed by atoms with Gasteiger partial charge in [-0.3, -0.25) is 10.1 Å². The minimum absolute atomic E-state index is 0.139. The van der Waals surface area contributed by atoms with Crippen molar-refractivity contribution >= 4 is 34.0 Å². The molecular formula is C18H16ClF3N4OS. The predicted molar refractivity (Wildman–Crippen MR) is 102 cm³/mol. The molecule has 10 heteroatoms. The zero-order valence-corrected chi connectivity index (χ0v) is 16.7. The highest BCUT2D eigenvalue weighted by molar-refractivity contribution is 7.14. The van der Waals surface area contributed by atoms with Crippen molar-refractivity contribution in [3.05, 3.63) is 57.8 Å². The highest BCUT2D eigenvalue weighted by Crippen LogP contribution is 2.34. The molecule has 148 valence electrons. The van der Waals surface area contributed by atoms with Gasteiger partial charge in [0.2, 0.25) is 0 Å². The van der Waals surface area contributed by atoms with E-state index in [4.69, 9.17) is 11.6 Å². The Labute approximate surface area is 168 Å². The maximum absolute atomic E-state index is 13.7. The van der Waals surface area contributed by atoms with E-state index in [-0.39, 0.29) is 16.2 Å². The van der Waals surface area contributed by atoms with Crippen LogP contribution in [0.4, 0.5) is 18.3 Å². The minimum Gasteiger partial charge on any atom is -0.298 e. The number of rotatable bonds is 3. The Morgan fingerprint density at radius 2 is 1.82 bits per heavy atom. The summed E-state index contributed by atoms with van der Waals surface area (Å²) in [5.41, 5.74) is -1.12. The topological polar surface area (TPSA) is 59.8 Å². The number of hydrogen-bond donors (Lipinski definition) is 1. The Hall–Kier alpha value is -2.39. The van der Waals surface area contributed by atoms with Gasteiger partial charge in [0.1, 0.15) is 0 Å². The van der Waals surface area contributed by atoms with Crippen molar-refractivity contribution in [1.82, 2.24) is 14.8 Å². The first-order valence-electron chi connectivity index (χ1n) is 8.15. The number of benzene rings is 1. The average Bonchev–Trinajstić information content (AvgIpc) is 3.21. The summed E-state index contributed by atoms with van der Waals surface area (Å²) < 4.78 is 41.7. The van der Waals surface area contributed by atoms with Gasteiger partial charge in [0.25, 0.3) is 5.91 Å². The van der Waals surface area contributed by atoms with E-state index in [9.17, 15) is 18.0 Å². The van der Waals surface area contributed by atoms with Gasteiger partial charge in [-0.25, -0.2) is 9.67 Å². The first-order chi connectivity index (χ1) is 13.0. The number of hydrogen-bond acceptors (Lipinski definition) is 4. The van der Waals surface area contributed by atoms with Gasteiger partial charge in [0.05, 0.1) is 23.1 Å². The summed E-state index contributed by atoms with van der Waals surface area (Å²) in [5.74, 6) is -0.928. The lowest BCUT2D eigenvalue weighted by Crippen LogP contribution is -2.21. The molecule has 1 N–H and O–H groups in total. The molecule has 0 saturated carbocycles. The smallest absolute Gasteiger partial charge is 0.298 e. The molecule has 0 bridgehead atoms. The second-order valence-corrected chi connectivity index (χ2v) is 8.33. The van der Waals surface area contributed by atoms with Crippen LogP contribution in [0.2, 0.25) is 5.02 Å². The molecule has 0 saturated heterocycles. The number of alkyl halides is 3. The van der Waals surface area contributed by atoms with Crippen molar-refractivity contribution in [1.29, 1.82) is 0 Å². The summed E-state index contributed by atoms with van der Waals surface area (Å²) >= 11 is 6.94. The Kier molecular flexibility index (Phi) is 5.24. The number of nitrogens with zero attached hydrogens (tertiary/aromatic N) is 3. The van der Waals surface area contributed by atoms with Crippen LogP contribution in [0.15, 0.2) is 35.8 Å². The molecule has 5 nitrogen and oxygen atoms in total. The lowest BCUT2D eigenvalue weighted by atomic mass is 9.93. The van der Waals surface area contributed by atoms with Crippen LogP contribution in [0.5, 0.6) is 0 Å². The maximum Gasteiger partial charge on any atom is 0.434 e. The molecule has 3 rings (SSSR count). The van der Waals surface area contributed by atoms with Crippen LogP contribution in [-0.4, -0.2) is 20.7 Å². The molecule has 0 unspecified atom stereocenters. The lowest BCUT2D eigenvalue weighted by molar-refractivity contribution is -0.143. The summed E-state index contributed by atoms with van der Waals surface area (Å²) in [5, 5.41) is 8.56. The van der Waals surface area contributed by atoms with Gasteiger partial charge in [-0.05, 0) is 24.3 Å². The molecule has 0 aliphatic heterocycles. The molecule has 0 radical (unpaired) electrons. The van der Waals surface area contributed by atoms with Gasteiger partial charge in [-0.2, -0.15) is 18.3 Å². The summed E-state index contributed by atoms with van der Waals surface area (Å²) in [6.07, 6.45) is -3.90. The van der Waals surface area contributed by atoms with Crippen molar-refractivity contribution in [2.75, 3.05) is 5.32 Å². The molecule has 0 spiro atoms. The third kappa shape index (κ3) is 4.20. The molecule has 0 fully saturated rings. The molecule has 0 aliphatic rings. The molecule has 3 aromatic rings. The normalized spacial score (nSPS) is 12.2. The third-order valence-electron chi connectivity index (χ3n) is 3.85. The molecular weight excluding hydrogens is 413 g/mol. The SMILES string of the molecule is CC(C)(C)c1csc(NC(=O)c2cnn(-c3ccc(Cl)cc3)c2C(F)(F)F)n1. The Balaban J connectivity index is 1.96. The first-order valence-corrected chi connectivity index (χ1v) is 9.41. The zero-order chi connectivity index (χ0) is 20.7. The maximum atomic E-state index is 13.7. The number of nitrogens with one attached hydrogen (secondary N) is 1. The molecule has 2 aromatic heterocycles. The Morgan fingerprint density at radius 3 is 2.36 bits per heavy atom. The summed E-state index contributed by atoms with van der Waals surface area (Å²) in [7, 11) is 0. The van der Waals surface area contributed by atoms with E-state index in [0.29, 0.717) is 9.70 Å². The van der Waals surface area contributed by atoms with Gasteiger partial charge in [-0.1, -0.05) is 32.4 Å². The van der Waals surface area contributed by atoms with Gasteiger partial charge in [0, 0.05) is 15.8 Å². The van der Waals surface area contributed by atoms with Gasteiger partial charge >= 0.3 is 6.18 Å². The van der Waals surface area contributed by atoms with E-state index in [1.807, 2.05) is 20.8 Å². The first kappa shape index (κ1) is 20.3. The highest BCUT2D eigenvalue weighted by atomic mass is 35.5. The number of amides is 1. The molecule has 1 amide bonds. The zero-order valence-electron chi connectivity index (χ0n) is 15.1. The number of carbonyl (C=O) groups excluding carboxylic acids is 1. The highest BCUT2D eigenvalue weighted by Gasteiger charge is 2.40. The molecule has 2 heterocycles. The van der Waals surface area contributed by atoms with Crippen molar-refractivity contribution < 1.29 is 18.0 Å². The van der Waals surface area contributed by atoms with Crippen molar-refractivity contribution in [3.63, 3.8) is 0 Å². The minimum atomic E-state index is -4.79. The fraction of sp³-hybridized carbons (Fsp3) is 0.278. The molecule has 1 aromatic carbocycles. The number of halogens is 4. The number of carbonyl (C=O) groups is 1. The largest absolute Gasteiger partial charge is 0.434 e. The van der Waals surface area contributed by atoms with Crippen LogP contribution in [0.1, 0.15) is 42.5 Å². The Morgan fingerprint density at radius 1 is 1.18 bits per heavy atom. The number of aromatic nitrogens is 3.